The molecule has 1 aliphatic rings. The Bertz CT molecular complexity index is 1690. The van der Waals surface area contributed by atoms with E-state index in [9.17, 15) is 9.18 Å². The monoisotopic (exact) mass is 490 g/mol. The van der Waals surface area contributed by atoms with Crippen molar-refractivity contribution in [2.75, 3.05) is 6.54 Å². The van der Waals surface area contributed by atoms with E-state index in [2.05, 4.69) is 15.3 Å². The number of hydrogen-bond donors (Lipinski definition) is 1. The molecule has 8 heteroatoms. The number of benzene rings is 3. The van der Waals surface area contributed by atoms with Gasteiger partial charge in [0.15, 0.2) is 5.82 Å². The van der Waals surface area contributed by atoms with Crippen molar-refractivity contribution in [2.45, 2.75) is 19.3 Å². The summed E-state index contributed by atoms with van der Waals surface area (Å²) in [6.07, 6.45) is 8.16. The summed E-state index contributed by atoms with van der Waals surface area (Å²) < 4.78 is 15.6. The molecular weight excluding hydrogens is 467 g/mol. The molecule has 0 atom stereocenters. The van der Waals surface area contributed by atoms with Gasteiger partial charge in [-0.15, -0.1) is 0 Å². The predicted molar refractivity (Wildman–Crippen MR) is 142 cm³/mol. The molecule has 0 aliphatic carbocycles. The van der Waals surface area contributed by atoms with Crippen LogP contribution in [0.4, 0.5) is 4.39 Å². The first-order chi connectivity index (χ1) is 18.2. The predicted octanol–water partition coefficient (Wildman–Crippen LogP) is 5.64. The van der Waals surface area contributed by atoms with Crippen LogP contribution in [0.2, 0.25) is 0 Å². The van der Waals surface area contributed by atoms with Crippen molar-refractivity contribution in [1.29, 1.82) is 0 Å². The quantitative estimate of drug-likeness (QED) is 0.299. The van der Waals surface area contributed by atoms with Crippen molar-refractivity contribution in [3.05, 3.63) is 96.7 Å². The lowest BCUT2D eigenvalue weighted by molar-refractivity contribution is 0.0953. The maximum absolute atomic E-state index is 13.7. The second-order valence-corrected chi connectivity index (χ2v) is 8.85. The van der Waals surface area contributed by atoms with Crippen molar-refractivity contribution in [3.63, 3.8) is 0 Å². The molecule has 0 saturated carbocycles. The van der Waals surface area contributed by atoms with E-state index in [0.29, 0.717) is 40.2 Å². The first kappa shape index (κ1) is 22.7. The smallest absolute Gasteiger partial charge is 0.251 e. The molecule has 0 fully saturated rings. The number of carbonyl (C=O) groups is 1. The number of fused-ring (bicyclic) bond motifs is 2. The van der Waals surface area contributed by atoms with E-state index in [1.165, 1.54) is 12.1 Å². The number of imidazole rings is 1. The minimum atomic E-state index is -0.331. The van der Waals surface area contributed by atoms with Crippen molar-refractivity contribution < 1.29 is 9.18 Å². The van der Waals surface area contributed by atoms with E-state index in [1.807, 2.05) is 41.1 Å². The zero-order chi connectivity index (χ0) is 25.2. The molecule has 0 radical (unpaired) electrons. The average Bonchev–Trinajstić information content (AvgIpc) is 3.61. The molecule has 1 aliphatic heterocycles. The summed E-state index contributed by atoms with van der Waals surface area (Å²) >= 11 is 0. The molecule has 3 aromatic carbocycles. The molecule has 37 heavy (non-hydrogen) atoms. The van der Waals surface area contributed by atoms with Crippen LogP contribution in [0.5, 0.6) is 0 Å². The number of hydrogen-bond acceptors (Lipinski definition) is 5. The zero-order valence-corrected chi connectivity index (χ0v) is 19.9. The summed E-state index contributed by atoms with van der Waals surface area (Å²) in [5.41, 5.74) is 5.86. The lowest BCUT2D eigenvalue weighted by Gasteiger charge is -2.12. The number of aromatic nitrogens is 4. The Hall–Kier alpha value is -4.72. The minimum absolute atomic E-state index is 0.164. The van der Waals surface area contributed by atoms with Gasteiger partial charge in [0, 0.05) is 36.0 Å². The van der Waals surface area contributed by atoms with Gasteiger partial charge in [0.2, 0.25) is 0 Å². The van der Waals surface area contributed by atoms with Gasteiger partial charge in [0.25, 0.3) is 5.91 Å². The summed E-state index contributed by atoms with van der Waals surface area (Å²) in [6, 6.07) is 19.2. The Kier molecular flexibility index (Phi) is 5.98. The van der Waals surface area contributed by atoms with E-state index >= 15 is 0 Å². The molecule has 7 nitrogen and oxygen atoms in total. The third-order valence-corrected chi connectivity index (χ3v) is 6.35. The van der Waals surface area contributed by atoms with Crippen LogP contribution in [-0.2, 0) is 0 Å². The fourth-order valence-corrected chi connectivity index (χ4v) is 4.45. The lowest BCUT2D eigenvalue weighted by Crippen LogP contribution is -2.24. The average molecular weight is 491 g/mol. The van der Waals surface area contributed by atoms with E-state index in [-0.39, 0.29) is 11.7 Å². The molecule has 1 N–H and O–H groups in total. The number of nitrogens with one attached hydrogen (secondary N) is 1. The SMILES string of the molecule is O=C(NCCCC1=NC=CC1)c1ccc2nc(-n3cnc4ccccc43)c(-c3ccc(F)cc3)nc2c1. The fraction of sp³-hybridized carbons (Fsp3) is 0.138. The Morgan fingerprint density at radius 3 is 2.68 bits per heavy atom. The molecule has 0 spiro atoms. The number of rotatable bonds is 7. The molecule has 1 amide bonds. The van der Waals surface area contributed by atoms with Crippen LogP contribution >= 0.6 is 0 Å². The molecule has 5 aromatic rings. The lowest BCUT2D eigenvalue weighted by atomic mass is 10.1. The van der Waals surface area contributed by atoms with Crippen LogP contribution in [0, 0.1) is 5.82 Å². The summed E-state index contributed by atoms with van der Waals surface area (Å²) in [4.78, 5) is 31.4. The maximum atomic E-state index is 13.7. The van der Waals surface area contributed by atoms with Crippen molar-refractivity contribution in [1.82, 2.24) is 24.8 Å². The number of allylic oxidation sites excluding steroid dienone is 1. The third kappa shape index (κ3) is 4.61. The highest BCUT2D eigenvalue weighted by molar-refractivity contribution is 5.98. The molecule has 182 valence electrons. The highest BCUT2D eigenvalue weighted by Crippen LogP contribution is 2.29. The van der Waals surface area contributed by atoms with Gasteiger partial charge in [0.1, 0.15) is 17.8 Å². The second-order valence-electron chi connectivity index (χ2n) is 8.85. The van der Waals surface area contributed by atoms with Crippen molar-refractivity contribution >= 4 is 33.7 Å². The van der Waals surface area contributed by atoms with Crippen molar-refractivity contribution in [2.24, 2.45) is 4.99 Å². The van der Waals surface area contributed by atoms with Gasteiger partial charge < -0.3 is 5.32 Å². The summed E-state index contributed by atoms with van der Waals surface area (Å²) in [5.74, 6) is 0.0832. The molecule has 0 unspecified atom stereocenters. The number of halogens is 1. The van der Waals surface area contributed by atoms with Gasteiger partial charge in [-0.1, -0.05) is 18.2 Å². The van der Waals surface area contributed by atoms with Crippen LogP contribution in [0.1, 0.15) is 29.6 Å². The standard InChI is InChI=1S/C29H23FN6O/c30-21-12-9-19(10-13-21)27-28(36-18-33-24-7-1-2-8-26(24)36)35-23-14-11-20(17-25(23)34-27)29(37)32-16-4-6-22-5-3-15-31-22/h1-3,7-15,17-18H,4-6,16H2,(H,32,37). The Labute approximate surface area is 212 Å². The Morgan fingerprint density at radius 1 is 0.973 bits per heavy atom. The molecule has 3 heterocycles. The molecule has 0 bridgehead atoms. The summed E-state index contributed by atoms with van der Waals surface area (Å²) in [7, 11) is 0. The van der Waals surface area contributed by atoms with Crippen LogP contribution < -0.4 is 5.32 Å². The molecule has 0 saturated heterocycles. The zero-order valence-electron chi connectivity index (χ0n) is 19.9. The van der Waals surface area contributed by atoms with E-state index in [4.69, 9.17) is 9.97 Å². The van der Waals surface area contributed by atoms with Crippen LogP contribution in [-0.4, -0.2) is 37.7 Å². The van der Waals surface area contributed by atoms with Gasteiger partial charge in [-0.25, -0.2) is 19.3 Å². The van der Waals surface area contributed by atoms with Gasteiger partial charge >= 0.3 is 0 Å². The highest BCUT2D eigenvalue weighted by Gasteiger charge is 2.17. The van der Waals surface area contributed by atoms with E-state index in [1.54, 1.807) is 36.7 Å². The van der Waals surface area contributed by atoms with E-state index in [0.717, 1.165) is 36.0 Å². The van der Waals surface area contributed by atoms with Gasteiger partial charge in [-0.05, 0) is 67.4 Å². The number of carbonyl (C=O) groups excluding carboxylic acids is 1. The molecule has 2 aromatic heterocycles. The number of para-hydroxylation sites is 2. The Balaban J connectivity index is 1.34. The van der Waals surface area contributed by atoms with Gasteiger partial charge in [-0.3, -0.25) is 14.4 Å². The molecule has 6 rings (SSSR count). The highest BCUT2D eigenvalue weighted by atomic mass is 19.1. The largest absolute Gasteiger partial charge is 0.352 e. The molecular formula is C29H23FN6O. The van der Waals surface area contributed by atoms with Gasteiger partial charge in [-0.2, -0.15) is 0 Å². The van der Waals surface area contributed by atoms with Crippen LogP contribution in [0.25, 0.3) is 39.1 Å². The number of nitrogens with zero attached hydrogens (tertiary/aromatic N) is 5. The maximum Gasteiger partial charge on any atom is 0.251 e. The summed E-state index contributed by atoms with van der Waals surface area (Å²) in [5, 5.41) is 2.98. The number of aliphatic imine (C=N–C) groups is 1. The van der Waals surface area contributed by atoms with Crippen molar-refractivity contribution in [3.8, 4) is 17.1 Å². The first-order valence-electron chi connectivity index (χ1n) is 12.1. The third-order valence-electron chi connectivity index (χ3n) is 6.35. The fourth-order valence-electron chi connectivity index (χ4n) is 4.45. The van der Waals surface area contributed by atoms with E-state index < -0.39 is 0 Å². The van der Waals surface area contributed by atoms with Crippen LogP contribution in [0.15, 0.2) is 90.3 Å². The summed E-state index contributed by atoms with van der Waals surface area (Å²) in [6.45, 7) is 0.565. The Morgan fingerprint density at radius 2 is 1.84 bits per heavy atom. The topological polar surface area (TPSA) is 85.1 Å². The minimum Gasteiger partial charge on any atom is -0.352 e. The first-order valence-corrected chi connectivity index (χ1v) is 12.1. The van der Waals surface area contributed by atoms with Gasteiger partial charge in [0.05, 0.1) is 22.1 Å². The second kappa shape index (κ2) is 9.73. The van der Waals surface area contributed by atoms with Crippen LogP contribution in [0.3, 0.4) is 0 Å². The number of amides is 1. The normalized spacial score (nSPS) is 12.8.